The second kappa shape index (κ2) is 8.56. The van der Waals surface area contributed by atoms with Gasteiger partial charge in [-0.05, 0) is 61.7 Å². The number of carbonyl (C=O) groups is 2. The van der Waals surface area contributed by atoms with Crippen LogP contribution in [-0.4, -0.2) is 23.9 Å². The van der Waals surface area contributed by atoms with Gasteiger partial charge in [-0.25, -0.2) is 0 Å². The molecule has 1 heterocycles. The predicted molar refractivity (Wildman–Crippen MR) is 114 cm³/mol. The number of benzene rings is 2. The molecule has 0 aliphatic heterocycles. The first-order chi connectivity index (χ1) is 13.9. The fourth-order valence-corrected chi connectivity index (χ4v) is 3.00. The van der Waals surface area contributed by atoms with Gasteiger partial charge in [0.05, 0.1) is 12.8 Å². The van der Waals surface area contributed by atoms with Crippen LogP contribution in [0.2, 0.25) is 0 Å². The Morgan fingerprint density at radius 3 is 2.31 bits per heavy atom. The predicted octanol–water partition coefficient (Wildman–Crippen LogP) is 4.52. The Labute approximate surface area is 169 Å². The van der Waals surface area contributed by atoms with Crippen molar-refractivity contribution >= 4 is 23.2 Å². The van der Waals surface area contributed by atoms with Gasteiger partial charge in [-0.15, -0.1) is 0 Å². The SMILES string of the molecule is COc1ccc(C)cc1NC(=O)c1cc(C(=O)Nc2c(C)cccc2C)ccn1. The first-order valence-electron chi connectivity index (χ1n) is 9.18. The lowest BCUT2D eigenvalue weighted by molar-refractivity contribution is 0.102. The number of para-hydroxylation sites is 1. The van der Waals surface area contributed by atoms with E-state index in [4.69, 9.17) is 4.74 Å². The van der Waals surface area contributed by atoms with E-state index in [9.17, 15) is 9.59 Å². The number of anilines is 2. The Bertz CT molecular complexity index is 1060. The van der Waals surface area contributed by atoms with Gasteiger partial charge in [-0.2, -0.15) is 0 Å². The number of hydrogen-bond donors (Lipinski definition) is 2. The van der Waals surface area contributed by atoms with E-state index in [1.54, 1.807) is 12.1 Å². The maximum atomic E-state index is 12.7. The first-order valence-corrected chi connectivity index (χ1v) is 9.18. The van der Waals surface area contributed by atoms with Crippen LogP contribution < -0.4 is 15.4 Å². The molecule has 1 aromatic heterocycles. The van der Waals surface area contributed by atoms with E-state index in [1.807, 2.05) is 51.1 Å². The second-order valence-corrected chi connectivity index (χ2v) is 6.81. The first kappa shape index (κ1) is 20.1. The van der Waals surface area contributed by atoms with Crippen LogP contribution in [0.4, 0.5) is 11.4 Å². The Kier molecular flexibility index (Phi) is 5.93. The highest BCUT2D eigenvalue weighted by Gasteiger charge is 2.15. The molecule has 148 valence electrons. The van der Waals surface area contributed by atoms with E-state index < -0.39 is 5.91 Å². The molecule has 2 N–H and O–H groups in total. The van der Waals surface area contributed by atoms with Crippen LogP contribution in [0.25, 0.3) is 0 Å². The number of pyridine rings is 1. The lowest BCUT2D eigenvalue weighted by Crippen LogP contribution is -2.18. The van der Waals surface area contributed by atoms with Gasteiger partial charge in [0.25, 0.3) is 11.8 Å². The number of hydrogen-bond acceptors (Lipinski definition) is 4. The fraction of sp³-hybridized carbons (Fsp3) is 0.174. The minimum atomic E-state index is -0.421. The Hall–Kier alpha value is -3.67. The molecular weight excluding hydrogens is 366 g/mol. The molecule has 0 fully saturated rings. The molecule has 0 aliphatic rings. The van der Waals surface area contributed by atoms with Crippen molar-refractivity contribution in [3.63, 3.8) is 0 Å². The van der Waals surface area contributed by atoms with Crippen molar-refractivity contribution in [1.29, 1.82) is 0 Å². The van der Waals surface area contributed by atoms with Crippen LogP contribution in [0.1, 0.15) is 37.5 Å². The summed E-state index contributed by atoms with van der Waals surface area (Å²) in [5, 5.41) is 5.71. The normalized spacial score (nSPS) is 10.3. The smallest absolute Gasteiger partial charge is 0.274 e. The molecule has 2 amide bonds. The number of nitrogens with zero attached hydrogens (tertiary/aromatic N) is 1. The number of amides is 2. The Balaban J connectivity index is 1.81. The average molecular weight is 389 g/mol. The Morgan fingerprint density at radius 2 is 1.62 bits per heavy atom. The zero-order chi connectivity index (χ0) is 21.0. The molecular formula is C23H23N3O3. The summed E-state index contributed by atoms with van der Waals surface area (Å²) in [5.41, 5.74) is 4.73. The zero-order valence-electron chi connectivity index (χ0n) is 16.9. The number of rotatable bonds is 5. The van der Waals surface area contributed by atoms with Crippen molar-refractivity contribution in [3.8, 4) is 5.75 Å². The van der Waals surface area contributed by atoms with Gasteiger partial charge in [0.1, 0.15) is 11.4 Å². The Morgan fingerprint density at radius 1 is 0.897 bits per heavy atom. The van der Waals surface area contributed by atoms with Gasteiger partial charge in [0, 0.05) is 17.4 Å². The number of aromatic nitrogens is 1. The summed E-state index contributed by atoms with van der Waals surface area (Å²) in [5.74, 6) is -0.171. The quantitative estimate of drug-likeness (QED) is 0.672. The summed E-state index contributed by atoms with van der Waals surface area (Å²) < 4.78 is 5.29. The maximum Gasteiger partial charge on any atom is 0.274 e. The second-order valence-electron chi connectivity index (χ2n) is 6.81. The molecule has 6 nitrogen and oxygen atoms in total. The number of methoxy groups -OCH3 is 1. The number of aryl methyl sites for hydroxylation is 3. The van der Waals surface area contributed by atoms with Gasteiger partial charge in [-0.3, -0.25) is 14.6 Å². The molecule has 0 bridgehead atoms. The van der Waals surface area contributed by atoms with Gasteiger partial charge in [-0.1, -0.05) is 24.3 Å². The molecule has 2 aromatic carbocycles. The largest absolute Gasteiger partial charge is 0.495 e. The lowest BCUT2D eigenvalue weighted by atomic mass is 10.1. The molecule has 0 atom stereocenters. The summed E-state index contributed by atoms with van der Waals surface area (Å²) in [4.78, 5) is 29.5. The van der Waals surface area contributed by atoms with Gasteiger partial charge in [0.2, 0.25) is 0 Å². The van der Waals surface area contributed by atoms with Crippen molar-refractivity contribution in [2.75, 3.05) is 17.7 Å². The van der Waals surface area contributed by atoms with Crippen molar-refractivity contribution in [3.05, 3.63) is 82.7 Å². The molecule has 0 saturated heterocycles. The molecule has 3 rings (SSSR count). The molecule has 0 saturated carbocycles. The van der Waals surface area contributed by atoms with E-state index in [0.717, 1.165) is 22.4 Å². The monoisotopic (exact) mass is 389 g/mol. The van der Waals surface area contributed by atoms with E-state index in [2.05, 4.69) is 15.6 Å². The van der Waals surface area contributed by atoms with Crippen LogP contribution in [0.15, 0.2) is 54.7 Å². The van der Waals surface area contributed by atoms with Crippen molar-refractivity contribution in [1.82, 2.24) is 4.98 Å². The van der Waals surface area contributed by atoms with Crippen LogP contribution >= 0.6 is 0 Å². The molecule has 0 aliphatic carbocycles. The number of nitrogens with one attached hydrogen (secondary N) is 2. The van der Waals surface area contributed by atoms with Gasteiger partial charge < -0.3 is 15.4 Å². The summed E-state index contributed by atoms with van der Waals surface area (Å²) in [7, 11) is 1.54. The molecule has 0 radical (unpaired) electrons. The van der Waals surface area contributed by atoms with Gasteiger partial charge >= 0.3 is 0 Å². The van der Waals surface area contributed by atoms with Crippen LogP contribution in [0.5, 0.6) is 5.75 Å². The van der Waals surface area contributed by atoms with E-state index in [0.29, 0.717) is 17.0 Å². The minimum Gasteiger partial charge on any atom is -0.495 e. The average Bonchev–Trinajstić information content (AvgIpc) is 2.71. The van der Waals surface area contributed by atoms with E-state index in [-0.39, 0.29) is 11.6 Å². The minimum absolute atomic E-state index is 0.141. The van der Waals surface area contributed by atoms with Gasteiger partial charge in [0.15, 0.2) is 0 Å². The third kappa shape index (κ3) is 4.60. The van der Waals surface area contributed by atoms with Crippen molar-refractivity contribution in [2.24, 2.45) is 0 Å². The van der Waals surface area contributed by atoms with Crippen molar-refractivity contribution in [2.45, 2.75) is 20.8 Å². The van der Waals surface area contributed by atoms with E-state index in [1.165, 1.54) is 19.4 Å². The van der Waals surface area contributed by atoms with Crippen LogP contribution in [-0.2, 0) is 0 Å². The third-order valence-corrected chi connectivity index (χ3v) is 4.58. The molecule has 0 spiro atoms. The highest BCUT2D eigenvalue weighted by atomic mass is 16.5. The number of carbonyl (C=O) groups excluding carboxylic acids is 2. The molecule has 3 aromatic rings. The highest BCUT2D eigenvalue weighted by Crippen LogP contribution is 2.26. The standard InChI is InChI=1S/C23H23N3O3/c1-14-8-9-20(29-4)18(12-14)25-23(28)19-13-17(10-11-24-19)22(27)26-21-15(2)6-5-7-16(21)3/h5-13H,1-4H3,(H,25,28)(H,26,27). The summed E-state index contributed by atoms with van der Waals surface area (Å²) in [6.45, 7) is 5.79. The fourth-order valence-electron chi connectivity index (χ4n) is 3.00. The van der Waals surface area contributed by atoms with E-state index >= 15 is 0 Å². The topological polar surface area (TPSA) is 80.3 Å². The molecule has 6 heteroatoms. The highest BCUT2D eigenvalue weighted by molar-refractivity contribution is 6.08. The van der Waals surface area contributed by atoms with Crippen molar-refractivity contribution < 1.29 is 14.3 Å². The van der Waals surface area contributed by atoms with Crippen LogP contribution in [0, 0.1) is 20.8 Å². The zero-order valence-corrected chi connectivity index (χ0v) is 16.9. The molecule has 29 heavy (non-hydrogen) atoms. The lowest BCUT2D eigenvalue weighted by Gasteiger charge is -2.12. The van der Waals surface area contributed by atoms with Crippen LogP contribution in [0.3, 0.4) is 0 Å². The summed E-state index contributed by atoms with van der Waals surface area (Å²) in [6.07, 6.45) is 1.45. The summed E-state index contributed by atoms with van der Waals surface area (Å²) >= 11 is 0. The molecule has 0 unspecified atom stereocenters. The maximum absolute atomic E-state index is 12.7. The third-order valence-electron chi connectivity index (χ3n) is 4.58. The summed E-state index contributed by atoms with van der Waals surface area (Å²) in [6, 6.07) is 14.3. The number of ether oxygens (including phenoxy) is 1.